The fourth-order valence-electron chi connectivity index (χ4n) is 4.13. The molecule has 0 saturated carbocycles. The number of imidazole rings is 1. The molecule has 4 fully saturated rings. The Morgan fingerprint density at radius 3 is 2.69 bits per heavy atom. The largest absolute Gasteiger partial charge is 0.391 e. The van der Waals surface area contributed by atoms with Crippen molar-refractivity contribution in [2.24, 2.45) is 0 Å². The predicted octanol–water partition coefficient (Wildman–Crippen LogP) is 0.591. The van der Waals surface area contributed by atoms with E-state index < -0.39 is 30.2 Å². The molecule has 10 nitrogen and oxygen atoms in total. The van der Waals surface area contributed by atoms with Crippen molar-refractivity contribution in [2.75, 3.05) is 12.3 Å². The summed E-state index contributed by atoms with van der Waals surface area (Å²) in [5, 5.41) is 9.90. The number of nitrogen functional groups attached to an aromatic ring is 1. The van der Waals surface area contributed by atoms with Gasteiger partial charge in [0, 0.05) is 0 Å². The fraction of sp³-hybridized carbons (Fsp3) is 0.316. The minimum absolute atomic E-state index is 0.250. The van der Waals surface area contributed by atoms with E-state index in [1.807, 2.05) is 42.5 Å². The van der Waals surface area contributed by atoms with Crippen molar-refractivity contribution >= 4 is 23.1 Å². The number of aromatic nitrogens is 4. The first kappa shape index (κ1) is 17.0. The summed E-state index contributed by atoms with van der Waals surface area (Å²) in [7, 11) is 0. The molecule has 6 heterocycles. The molecule has 4 aliphatic rings. The Hall–Kier alpha value is -2.89. The second-order valence-electron chi connectivity index (χ2n) is 7.10. The molecule has 3 atom stereocenters. The first-order chi connectivity index (χ1) is 14.2. The third-order valence-electron chi connectivity index (χ3n) is 5.43. The van der Waals surface area contributed by atoms with Crippen LogP contribution in [0.3, 0.4) is 0 Å². The molecule has 29 heavy (non-hydrogen) atoms. The highest BCUT2D eigenvalue weighted by Crippen LogP contribution is 2.60. The van der Waals surface area contributed by atoms with Crippen LogP contribution >= 0.6 is 0 Å². The van der Waals surface area contributed by atoms with Gasteiger partial charge in [-0.3, -0.25) is 14.0 Å². The average Bonchev–Trinajstić information content (AvgIpc) is 3.43. The van der Waals surface area contributed by atoms with Crippen LogP contribution in [0.15, 0.2) is 49.1 Å². The number of aliphatic hydroxyl groups is 1. The number of rotatable bonds is 4. The summed E-state index contributed by atoms with van der Waals surface area (Å²) in [6.07, 6.45) is 4.72. The van der Waals surface area contributed by atoms with Crippen molar-refractivity contribution in [3.63, 3.8) is 0 Å². The molecule has 0 radical (unpaired) electrons. The summed E-state index contributed by atoms with van der Waals surface area (Å²) in [4.78, 5) is 12.5. The van der Waals surface area contributed by atoms with Gasteiger partial charge in [-0.2, -0.15) is 0 Å². The van der Waals surface area contributed by atoms with Crippen LogP contribution in [0.5, 0.6) is 0 Å². The van der Waals surface area contributed by atoms with Gasteiger partial charge >= 0.3 is 0 Å². The second-order valence-corrected chi connectivity index (χ2v) is 7.10. The van der Waals surface area contributed by atoms with Crippen LogP contribution in [0.25, 0.3) is 17.2 Å². The summed E-state index contributed by atoms with van der Waals surface area (Å²) in [5.74, 6) is -2.40. The fourth-order valence-corrected chi connectivity index (χ4v) is 4.13. The van der Waals surface area contributed by atoms with Gasteiger partial charge in [0.15, 0.2) is 30.0 Å². The SMILES string of the molecule is Nc1ncnc2c1ncn2C12OC(CO)(O1)[C@@H]1O[C@H](/C=C/c3ccccc3)OC12. The highest BCUT2D eigenvalue weighted by Gasteiger charge is 2.81. The van der Waals surface area contributed by atoms with Crippen molar-refractivity contribution in [2.45, 2.75) is 30.2 Å². The summed E-state index contributed by atoms with van der Waals surface area (Å²) in [6, 6.07) is 9.82. The van der Waals surface area contributed by atoms with Gasteiger partial charge in [0.05, 0.1) is 0 Å². The highest BCUT2D eigenvalue weighted by molar-refractivity contribution is 5.81. The Kier molecular flexibility index (Phi) is 3.41. The molecule has 0 aliphatic carbocycles. The van der Waals surface area contributed by atoms with E-state index >= 15 is 0 Å². The van der Waals surface area contributed by atoms with Gasteiger partial charge in [-0.1, -0.05) is 36.4 Å². The summed E-state index contributed by atoms with van der Waals surface area (Å²) in [6.45, 7) is -0.377. The number of fused-ring (bicyclic) bond motifs is 1. The Balaban J connectivity index is 1.35. The number of anilines is 1. The van der Waals surface area contributed by atoms with Crippen LogP contribution in [-0.4, -0.2) is 55.5 Å². The van der Waals surface area contributed by atoms with Crippen molar-refractivity contribution in [1.82, 2.24) is 19.5 Å². The van der Waals surface area contributed by atoms with Gasteiger partial charge in [-0.25, -0.2) is 15.0 Å². The number of benzene rings is 1. The normalized spacial score (nSPS) is 35.3. The molecule has 1 aromatic carbocycles. The lowest BCUT2D eigenvalue weighted by Gasteiger charge is -2.47. The Morgan fingerprint density at radius 2 is 1.90 bits per heavy atom. The molecular weight excluding hydrogens is 378 g/mol. The van der Waals surface area contributed by atoms with E-state index in [1.165, 1.54) is 12.7 Å². The van der Waals surface area contributed by atoms with Gasteiger partial charge in [0.2, 0.25) is 5.79 Å². The minimum atomic E-state index is -1.35. The van der Waals surface area contributed by atoms with Crippen molar-refractivity contribution in [3.8, 4) is 0 Å². The van der Waals surface area contributed by atoms with Crippen molar-refractivity contribution < 1.29 is 24.1 Å². The first-order valence-electron chi connectivity index (χ1n) is 9.15. The average molecular weight is 395 g/mol. The van der Waals surface area contributed by atoms with E-state index in [0.717, 1.165) is 5.56 Å². The van der Waals surface area contributed by atoms with Crippen LogP contribution < -0.4 is 5.73 Å². The zero-order chi connectivity index (χ0) is 19.6. The molecular formula is C19H17N5O5. The number of nitrogens with two attached hydrogens (primary N) is 1. The maximum absolute atomic E-state index is 9.90. The molecule has 2 aromatic heterocycles. The summed E-state index contributed by atoms with van der Waals surface area (Å²) in [5.41, 5.74) is 7.78. The molecule has 1 unspecified atom stereocenters. The number of nitrogens with zero attached hydrogens (tertiary/aromatic N) is 4. The Morgan fingerprint density at radius 1 is 1.10 bits per heavy atom. The van der Waals surface area contributed by atoms with Crippen LogP contribution in [0.4, 0.5) is 5.82 Å². The van der Waals surface area contributed by atoms with Gasteiger partial charge in [-0.05, 0) is 11.6 Å². The van der Waals surface area contributed by atoms with Gasteiger partial charge in [0.25, 0.3) is 5.91 Å². The molecule has 4 aliphatic heterocycles. The minimum Gasteiger partial charge on any atom is -0.391 e. The maximum Gasteiger partial charge on any atom is 0.294 e. The van der Waals surface area contributed by atoms with E-state index in [-0.39, 0.29) is 12.4 Å². The maximum atomic E-state index is 9.90. The summed E-state index contributed by atoms with van der Waals surface area (Å²) < 4.78 is 25.7. The van der Waals surface area contributed by atoms with Gasteiger partial charge < -0.3 is 20.3 Å². The van der Waals surface area contributed by atoms with E-state index in [2.05, 4.69) is 15.0 Å². The summed E-state index contributed by atoms with van der Waals surface area (Å²) >= 11 is 0. The third kappa shape index (κ3) is 2.20. The molecule has 7 rings (SSSR count). The van der Waals surface area contributed by atoms with E-state index in [1.54, 1.807) is 4.57 Å². The molecule has 3 aromatic rings. The molecule has 148 valence electrons. The molecule has 2 bridgehead atoms. The third-order valence-corrected chi connectivity index (χ3v) is 5.43. The standard InChI is InChI=1S/C19H17N5O5/c20-16-13-17(22-9-21-16)24(10-23-13)19-15-14(18(8-25,28-19)29-19)26-12(27-15)7-6-11-4-2-1-3-5-11/h1-7,9-10,12,14-15,25H,8H2,(H2,20,21,22)/b7-6+/t12-,14+,15?,18?,19?/m0/s1. The predicted molar refractivity (Wildman–Crippen MR) is 98.7 cm³/mol. The van der Waals surface area contributed by atoms with Crippen molar-refractivity contribution in [3.05, 3.63) is 54.6 Å². The highest BCUT2D eigenvalue weighted by atomic mass is 17.0. The molecule has 4 saturated heterocycles. The number of ether oxygens (including phenoxy) is 4. The monoisotopic (exact) mass is 395 g/mol. The lowest BCUT2D eigenvalue weighted by molar-refractivity contribution is -0.533. The Labute approximate surface area is 164 Å². The van der Waals surface area contributed by atoms with E-state index in [4.69, 9.17) is 24.7 Å². The Bertz CT molecular complexity index is 1110. The second kappa shape index (κ2) is 5.81. The molecule has 3 N–H and O–H groups in total. The van der Waals surface area contributed by atoms with Gasteiger partial charge in [0.1, 0.15) is 24.8 Å². The zero-order valence-electron chi connectivity index (χ0n) is 15.1. The first-order valence-corrected chi connectivity index (χ1v) is 9.15. The topological polar surface area (TPSA) is 127 Å². The number of hydrogen-bond acceptors (Lipinski definition) is 9. The van der Waals surface area contributed by atoms with E-state index in [9.17, 15) is 5.11 Å². The number of hydrogen-bond donors (Lipinski definition) is 2. The molecule has 0 amide bonds. The zero-order valence-corrected chi connectivity index (χ0v) is 15.1. The molecule has 0 spiro atoms. The van der Waals surface area contributed by atoms with Crippen LogP contribution in [0, 0.1) is 0 Å². The van der Waals surface area contributed by atoms with Crippen molar-refractivity contribution in [1.29, 1.82) is 0 Å². The van der Waals surface area contributed by atoms with Gasteiger partial charge in [-0.15, -0.1) is 0 Å². The van der Waals surface area contributed by atoms with E-state index in [0.29, 0.717) is 11.2 Å². The van der Waals surface area contributed by atoms with Crippen LogP contribution in [-0.2, 0) is 24.9 Å². The lowest BCUT2D eigenvalue weighted by atomic mass is 10.1. The number of aliphatic hydroxyl groups excluding tert-OH is 1. The smallest absolute Gasteiger partial charge is 0.294 e. The van der Waals surface area contributed by atoms with Crippen LogP contribution in [0.2, 0.25) is 0 Å². The lowest BCUT2D eigenvalue weighted by Crippen LogP contribution is -2.62. The quantitative estimate of drug-likeness (QED) is 0.652. The molecule has 10 heteroatoms. The van der Waals surface area contributed by atoms with Crippen LogP contribution in [0.1, 0.15) is 5.56 Å².